The highest BCUT2D eigenvalue weighted by atomic mass is 32.1. The highest BCUT2D eigenvalue weighted by molar-refractivity contribution is 7.71. The van der Waals surface area contributed by atoms with E-state index in [1.54, 1.807) is 18.7 Å². The van der Waals surface area contributed by atoms with Crippen molar-refractivity contribution in [2.45, 2.75) is 6.92 Å². The molecule has 0 fully saturated rings. The molecule has 0 radical (unpaired) electrons. The van der Waals surface area contributed by atoms with E-state index in [4.69, 9.17) is 21.7 Å². The summed E-state index contributed by atoms with van der Waals surface area (Å²) in [5.41, 5.74) is 3.50. The predicted molar refractivity (Wildman–Crippen MR) is 83.7 cm³/mol. The molecule has 0 aliphatic carbocycles. The van der Waals surface area contributed by atoms with Crippen LogP contribution in [0, 0.1) is 11.6 Å². The van der Waals surface area contributed by atoms with Crippen LogP contribution < -0.4 is 9.47 Å². The Hall–Kier alpha value is -2.34. The lowest BCUT2D eigenvalue weighted by Crippen LogP contribution is -1.94. The monoisotopic (exact) mass is 301 g/mol. The van der Waals surface area contributed by atoms with Crippen molar-refractivity contribution in [3.8, 4) is 22.8 Å². The molecule has 0 saturated heterocycles. The zero-order valence-corrected chi connectivity index (χ0v) is 12.8. The summed E-state index contributed by atoms with van der Waals surface area (Å²) in [4.78, 5) is 4.47. The normalized spacial score (nSPS) is 10.8. The van der Waals surface area contributed by atoms with Crippen LogP contribution in [0.2, 0.25) is 0 Å². The summed E-state index contributed by atoms with van der Waals surface area (Å²) in [5.74, 6) is 1.47. The number of nitrogens with zero attached hydrogens (tertiary/aromatic N) is 2. The smallest absolute Gasteiger partial charge is 0.155 e. The second-order valence-corrected chi connectivity index (χ2v) is 5.08. The van der Waals surface area contributed by atoms with E-state index in [-0.39, 0.29) is 0 Å². The van der Waals surface area contributed by atoms with Gasteiger partial charge in [0.25, 0.3) is 0 Å². The van der Waals surface area contributed by atoms with Crippen LogP contribution in [-0.4, -0.2) is 28.8 Å². The number of ether oxygens (including phenoxy) is 2. The molecule has 2 heterocycles. The lowest BCUT2D eigenvalue weighted by Gasteiger charge is -2.08. The third-order valence-corrected chi connectivity index (χ3v) is 3.58. The standard InChI is InChI=1S/C15H15N3O2S/c1-9-6-15(21)18-14(16-9)8-12(17-18)11-5-4-10(19-2)7-13(11)20-3/h4-8,17H,1-3H3. The van der Waals surface area contributed by atoms with E-state index in [0.717, 1.165) is 34.1 Å². The zero-order chi connectivity index (χ0) is 15.0. The van der Waals surface area contributed by atoms with Crippen LogP contribution in [0.4, 0.5) is 0 Å². The molecule has 0 unspecified atom stereocenters. The summed E-state index contributed by atoms with van der Waals surface area (Å²) < 4.78 is 13.1. The zero-order valence-electron chi connectivity index (χ0n) is 12.0. The lowest BCUT2D eigenvalue weighted by atomic mass is 10.1. The number of nitrogens with one attached hydrogen (secondary N) is 1. The van der Waals surface area contributed by atoms with Gasteiger partial charge in [0.1, 0.15) is 16.1 Å². The highest BCUT2D eigenvalue weighted by Crippen LogP contribution is 2.32. The van der Waals surface area contributed by atoms with E-state index < -0.39 is 0 Å². The van der Waals surface area contributed by atoms with E-state index in [0.29, 0.717) is 4.64 Å². The van der Waals surface area contributed by atoms with Gasteiger partial charge in [0.15, 0.2) is 5.65 Å². The molecule has 0 bridgehead atoms. The first-order valence-electron chi connectivity index (χ1n) is 6.44. The molecule has 0 aliphatic rings. The fraction of sp³-hybridized carbons (Fsp3) is 0.200. The second-order valence-electron chi connectivity index (χ2n) is 4.67. The quantitative estimate of drug-likeness (QED) is 0.753. The van der Waals surface area contributed by atoms with Gasteiger partial charge >= 0.3 is 0 Å². The minimum Gasteiger partial charge on any atom is -0.497 e. The Morgan fingerprint density at radius 2 is 1.95 bits per heavy atom. The molecular formula is C15H15N3O2S. The topological polar surface area (TPSA) is 51.5 Å². The number of rotatable bonds is 3. The Morgan fingerprint density at radius 1 is 1.14 bits per heavy atom. The summed E-state index contributed by atoms with van der Waals surface area (Å²) in [6.07, 6.45) is 0. The third kappa shape index (κ3) is 2.38. The van der Waals surface area contributed by atoms with Crippen molar-refractivity contribution in [1.29, 1.82) is 0 Å². The molecule has 2 aromatic heterocycles. The van der Waals surface area contributed by atoms with Crippen molar-refractivity contribution in [2.75, 3.05) is 14.2 Å². The van der Waals surface area contributed by atoms with Crippen LogP contribution in [0.25, 0.3) is 16.9 Å². The number of fused-ring (bicyclic) bond motifs is 1. The molecule has 5 nitrogen and oxygen atoms in total. The summed E-state index contributed by atoms with van der Waals surface area (Å²) >= 11 is 5.35. The fourth-order valence-electron chi connectivity index (χ4n) is 2.27. The maximum Gasteiger partial charge on any atom is 0.155 e. The number of hydrogen-bond donors (Lipinski definition) is 1. The Labute approximate surface area is 127 Å². The summed E-state index contributed by atoms with van der Waals surface area (Å²) in [7, 11) is 3.26. The summed E-state index contributed by atoms with van der Waals surface area (Å²) in [6, 6.07) is 9.49. The van der Waals surface area contributed by atoms with Gasteiger partial charge in [0.2, 0.25) is 0 Å². The van der Waals surface area contributed by atoms with Gasteiger partial charge < -0.3 is 9.47 Å². The number of aryl methyl sites for hydroxylation is 1. The first-order chi connectivity index (χ1) is 10.1. The molecular weight excluding hydrogens is 286 g/mol. The van der Waals surface area contributed by atoms with E-state index in [1.165, 1.54) is 0 Å². The molecule has 0 saturated carbocycles. The Bertz CT molecular complexity index is 867. The van der Waals surface area contributed by atoms with Crippen molar-refractivity contribution < 1.29 is 9.47 Å². The largest absolute Gasteiger partial charge is 0.497 e. The molecule has 0 spiro atoms. The van der Waals surface area contributed by atoms with Crippen molar-refractivity contribution in [3.63, 3.8) is 0 Å². The number of aromatic amines is 1. The minimum absolute atomic E-state index is 0.691. The molecule has 3 aromatic rings. The Kier molecular flexibility index (Phi) is 3.39. The number of hydrogen-bond acceptors (Lipinski definition) is 4. The molecule has 0 aliphatic heterocycles. The molecule has 0 atom stereocenters. The molecule has 108 valence electrons. The lowest BCUT2D eigenvalue weighted by molar-refractivity contribution is 0.395. The molecule has 3 rings (SSSR count). The van der Waals surface area contributed by atoms with Gasteiger partial charge in [-0.05, 0) is 25.1 Å². The highest BCUT2D eigenvalue weighted by Gasteiger charge is 2.11. The Balaban J connectivity index is 2.21. The van der Waals surface area contributed by atoms with E-state index >= 15 is 0 Å². The van der Waals surface area contributed by atoms with Crippen LogP contribution in [0.15, 0.2) is 30.3 Å². The molecule has 6 heteroatoms. The van der Waals surface area contributed by atoms with Gasteiger partial charge in [0, 0.05) is 23.4 Å². The van der Waals surface area contributed by atoms with E-state index in [9.17, 15) is 0 Å². The predicted octanol–water partition coefficient (Wildman–Crippen LogP) is 3.38. The number of aromatic nitrogens is 3. The van der Waals surface area contributed by atoms with Crippen LogP contribution in [0.5, 0.6) is 11.5 Å². The number of benzene rings is 1. The Morgan fingerprint density at radius 3 is 2.67 bits per heavy atom. The van der Waals surface area contributed by atoms with Gasteiger partial charge in [-0.3, -0.25) is 5.10 Å². The van der Waals surface area contributed by atoms with Crippen LogP contribution in [-0.2, 0) is 0 Å². The third-order valence-electron chi connectivity index (χ3n) is 3.28. The molecule has 0 amide bonds. The van der Waals surface area contributed by atoms with Crippen molar-refractivity contribution >= 4 is 17.9 Å². The van der Waals surface area contributed by atoms with Crippen LogP contribution >= 0.6 is 12.2 Å². The van der Waals surface area contributed by atoms with Gasteiger partial charge in [-0.2, -0.15) is 0 Å². The first kappa shape index (κ1) is 13.6. The minimum atomic E-state index is 0.691. The fourth-order valence-corrected chi connectivity index (χ4v) is 2.58. The summed E-state index contributed by atoms with van der Waals surface area (Å²) in [5, 5.41) is 3.25. The molecule has 21 heavy (non-hydrogen) atoms. The van der Waals surface area contributed by atoms with Gasteiger partial charge in [-0.1, -0.05) is 12.2 Å². The maximum absolute atomic E-state index is 5.44. The number of H-pyrrole nitrogens is 1. The van der Waals surface area contributed by atoms with Crippen LogP contribution in [0.3, 0.4) is 0 Å². The van der Waals surface area contributed by atoms with Gasteiger partial charge in [-0.15, -0.1) is 0 Å². The second kappa shape index (κ2) is 5.21. The molecule has 1 N–H and O–H groups in total. The van der Waals surface area contributed by atoms with Gasteiger partial charge in [-0.25, -0.2) is 9.50 Å². The SMILES string of the molecule is COc1ccc(-c2cc3nc(C)cc(=S)n3[nH]2)c(OC)c1. The van der Waals surface area contributed by atoms with Gasteiger partial charge in [0.05, 0.1) is 19.9 Å². The van der Waals surface area contributed by atoms with Crippen molar-refractivity contribution in [2.24, 2.45) is 0 Å². The average Bonchev–Trinajstić information content (AvgIpc) is 2.90. The first-order valence-corrected chi connectivity index (χ1v) is 6.85. The van der Waals surface area contributed by atoms with Crippen molar-refractivity contribution in [3.05, 3.63) is 40.7 Å². The van der Waals surface area contributed by atoms with Crippen LogP contribution in [0.1, 0.15) is 5.69 Å². The summed E-state index contributed by atoms with van der Waals surface area (Å²) in [6.45, 7) is 1.93. The average molecular weight is 301 g/mol. The van der Waals surface area contributed by atoms with E-state index in [2.05, 4.69) is 10.1 Å². The van der Waals surface area contributed by atoms with Crippen molar-refractivity contribution in [1.82, 2.24) is 14.6 Å². The number of methoxy groups -OCH3 is 2. The maximum atomic E-state index is 5.44. The van der Waals surface area contributed by atoms with E-state index in [1.807, 2.05) is 37.3 Å². The molecule has 1 aromatic carbocycles.